The molecule has 2 aromatic rings. The maximum atomic E-state index is 12.1. The number of nitrogens with one attached hydrogen (secondary N) is 1. The van der Waals surface area contributed by atoms with Gasteiger partial charge in [0.1, 0.15) is 0 Å². The predicted octanol–water partition coefficient (Wildman–Crippen LogP) is 3.85. The van der Waals surface area contributed by atoms with E-state index in [2.05, 4.69) is 30.2 Å². The fourth-order valence-corrected chi connectivity index (χ4v) is 1.96. The van der Waals surface area contributed by atoms with E-state index in [1.807, 2.05) is 18.2 Å². The highest BCUT2D eigenvalue weighted by molar-refractivity contribution is 6.04. The third kappa shape index (κ3) is 3.19. The summed E-state index contributed by atoms with van der Waals surface area (Å²) >= 11 is 0. The van der Waals surface area contributed by atoms with Gasteiger partial charge in [0.15, 0.2) is 0 Å². The second-order valence-electron chi connectivity index (χ2n) is 4.59. The number of rotatable bonds is 4. The first kappa shape index (κ1) is 13.3. The van der Waals surface area contributed by atoms with Gasteiger partial charge in [0.05, 0.1) is 0 Å². The number of benzene rings is 1. The molecule has 0 spiro atoms. The van der Waals surface area contributed by atoms with Crippen LogP contribution in [0.1, 0.15) is 42.1 Å². The average Bonchev–Trinajstić information content (AvgIpc) is 2.48. The van der Waals surface area contributed by atoms with Gasteiger partial charge >= 0.3 is 0 Å². The molecule has 0 unspecified atom stereocenters. The Labute approximate surface area is 113 Å². The van der Waals surface area contributed by atoms with Crippen LogP contribution in [0.3, 0.4) is 0 Å². The molecule has 98 valence electrons. The molecule has 0 aliphatic heterocycles. The molecule has 1 amide bonds. The van der Waals surface area contributed by atoms with Crippen LogP contribution in [0, 0.1) is 0 Å². The van der Waals surface area contributed by atoms with E-state index in [4.69, 9.17) is 0 Å². The van der Waals surface area contributed by atoms with Gasteiger partial charge in [0.25, 0.3) is 5.91 Å². The Morgan fingerprint density at radius 3 is 2.58 bits per heavy atom. The second kappa shape index (κ2) is 6.14. The largest absolute Gasteiger partial charge is 0.322 e. The molecule has 19 heavy (non-hydrogen) atoms. The zero-order chi connectivity index (χ0) is 13.7. The fraction of sp³-hybridized carbons (Fsp3) is 0.250. The Morgan fingerprint density at radius 2 is 1.89 bits per heavy atom. The number of para-hydroxylation sites is 1. The predicted molar refractivity (Wildman–Crippen MR) is 77.3 cm³/mol. The smallest absolute Gasteiger partial charge is 0.255 e. The lowest BCUT2D eigenvalue weighted by molar-refractivity contribution is 0.102. The molecule has 0 aliphatic carbocycles. The fourth-order valence-electron chi connectivity index (χ4n) is 1.96. The van der Waals surface area contributed by atoms with Crippen LogP contribution in [-0.2, 0) is 0 Å². The minimum Gasteiger partial charge on any atom is -0.322 e. The van der Waals surface area contributed by atoms with Gasteiger partial charge in [-0.25, -0.2) is 0 Å². The Balaban J connectivity index is 2.22. The van der Waals surface area contributed by atoms with Crippen molar-refractivity contribution in [2.45, 2.75) is 26.2 Å². The Hall–Kier alpha value is -2.16. The van der Waals surface area contributed by atoms with E-state index >= 15 is 0 Å². The summed E-state index contributed by atoms with van der Waals surface area (Å²) in [6, 6.07) is 11.4. The van der Waals surface area contributed by atoms with Gasteiger partial charge in [-0.1, -0.05) is 32.0 Å². The van der Waals surface area contributed by atoms with Crippen molar-refractivity contribution in [3.05, 3.63) is 59.9 Å². The van der Waals surface area contributed by atoms with Crippen molar-refractivity contribution in [1.29, 1.82) is 0 Å². The van der Waals surface area contributed by atoms with Crippen molar-refractivity contribution in [3.8, 4) is 0 Å². The molecule has 0 aliphatic rings. The molecule has 1 aromatic heterocycles. The van der Waals surface area contributed by atoms with Crippen molar-refractivity contribution < 1.29 is 4.79 Å². The van der Waals surface area contributed by atoms with Gasteiger partial charge < -0.3 is 5.32 Å². The van der Waals surface area contributed by atoms with E-state index in [9.17, 15) is 4.79 Å². The van der Waals surface area contributed by atoms with Gasteiger partial charge in [-0.15, -0.1) is 0 Å². The molecule has 1 heterocycles. The molecule has 1 aromatic carbocycles. The highest BCUT2D eigenvalue weighted by Crippen LogP contribution is 2.26. The Kier molecular flexibility index (Phi) is 4.29. The molecule has 0 saturated carbocycles. The van der Waals surface area contributed by atoms with Crippen LogP contribution in [0.25, 0.3) is 0 Å². The molecule has 0 bridgehead atoms. The van der Waals surface area contributed by atoms with Gasteiger partial charge in [-0.05, 0) is 36.1 Å². The Bertz CT molecular complexity index is 552. The summed E-state index contributed by atoms with van der Waals surface area (Å²) in [5.41, 5.74) is 2.68. The van der Waals surface area contributed by atoms with Gasteiger partial charge in [0.2, 0.25) is 0 Å². The summed E-state index contributed by atoms with van der Waals surface area (Å²) in [7, 11) is 0. The van der Waals surface area contributed by atoms with Crippen molar-refractivity contribution >= 4 is 11.6 Å². The van der Waals surface area contributed by atoms with Crippen molar-refractivity contribution in [3.63, 3.8) is 0 Å². The average molecular weight is 254 g/mol. The van der Waals surface area contributed by atoms with Gasteiger partial charge in [-0.3, -0.25) is 9.78 Å². The number of nitrogens with zero attached hydrogens (tertiary/aromatic N) is 1. The summed E-state index contributed by atoms with van der Waals surface area (Å²) < 4.78 is 0. The van der Waals surface area contributed by atoms with E-state index in [1.165, 1.54) is 5.56 Å². The molecule has 1 N–H and O–H groups in total. The summed E-state index contributed by atoms with van der Waals surface area (Å²) in [6.07, 6.45) is 4.28. The van der Waals surface area contributed by atoms with Gasteiger partial charge in [-0.2, -0.15) is 0 Å². The lowest BCUT2D eigenvalue weighted by Crippen LogP contribution is -2.13. The van der Waals surface area contributed by atoms with Crippen LogP contribution in [0.5, 0.6) is 0 Å². The molecular weight excluding hydrogens is 236 g/mol. The zero-order valence-electron chi connectivity index (χ0n) is 11.3. The topological polar surface area (TPSA) is 42.0 Å². The summed E-state index contributed by atoms with van der Waals surface area (Å²) in [4.78, 5) is 16.1. The number of pyridine rings is 1. The monoisotopic (exact) mass is 254 g/mol. The van der Waals surface area contributed by atoms with E-state index in [-0.39, 0.29) is 5.91 Å². The standard InChI is InChI=1S/C16H18N2O/c1-3-12(2)14-6-4-5-7-15(14)18-16(19)13-8-10-17-11-9-13/h4-12H,3H2,1-2H3,(H,18,19)/t12-/m0/s1. The maximum Gasteiger partial charge on any atom is 0.255 e. The SMILES string of the molecule is CC[C@H](C)c1ccccc1NC(=O)c1ccncc1. The highest BCUT2D eigenvalue weighted by atomic mass is 16.1. The zero-order valence-corrected chi connectivity index (χ0v) is 11.3. The lowest BCUT2D eigenvalue weighted by atomic mass is 9.97. The molecule has 2 rings (SSSR count). The lowest BCUT2D eigenvalue weighted by Gasteiger charge is -2.15. The Morgan fingerprint density at radius 1 is 1.21 bits per heavy atom. The second-order valence-corrected chi connectivity index (χ2v) is 4.59. The maximum absolute atomic E-state index is 12.1. The number of aromatic nitrogens is 1. The quantitative estimate of drug-likeness (QED) is 0.900. The minimum atomic E-state index is -0.0989. The van der Waals surface area contributed by atoms with Crippen LogP contribution < -0.4 is 5.32 Å². The molecule has 0 radical (unpaired) electrons. The molecule has 1 atom stereocenters. The van der Waals surface area contributed by atoms with Crippen molar-refractivity contribution in [1.82, 2.24) is 4.98 Å². The molecule has 3 heteroatoms. The number of carbonyl (C=O) groups excluding carboxylic acids is 1. The third-order valence-corrected chi connectivity index (χ3v) is 3.29. The highest BCUT2D eigenvalue weighted by Gasteiger charge is 2.11. The number of hydrogen-bond donors (Lipinski definition) is 1. The molecule has 3 nitrogen and oxygen atoms in total. The summed E-state index contributed by atoms with van der Waals surface area (Å²) in [5.74, 6) is 0.326. The minimum absolute atomic E-state index is 0.0989. The number of hydrogen-bond acceptors (Lipinski definition) is 2. The number of carbonyl (C=O) groups is 1. The third-order valence-electron chi connectivity index (χ3n) is 3.29. The number of anilines is 1. The first-order chi connectivity index (χ1) is 9.22. The van der Waals surface area contributed by atoms with Crippen molar-refractivity contribution in [2.24, 2.45) is 0 Å². The van der Waals surface area contributed by atoms with Crippen molar-refractivity contribution in [2.75, 3.05) is 5.32 Å². The van der Waals surface area contributed by atoms with E-state index in [0.29, 0.717) is 11.5 Å². The first-order valence-electron chi connectivity index (χ1n) is 6.52. The van der Waals surface area contributed by atoms with Crippen LogP contribution in [0.15, 0.2) is 48.8 Å². The molecule has 0 fully saturated rings. The summed E-state index contributed by atoms with van der Waals surface area (Å²) in [6.45, 7) is 4.31. The van der Waals surface area contributed by atoms with Crippen LogP contribution >= 0.6 is 0 Å². The van der Waals surface area contributed by atoms with E-state index in [1.54, 1.807) is 24.5 Å². The normalized spacial score (nSPS) is 11.9. The van der Waals surface area contributed by atoms with Crippen LogP contribution in [0.2, 0.25) is 0 Å². The van der Waals surface area contributed by atoms with Gasteiger partial charge in [0, 0.05) is 23.6 Å². The molecule has 0 saturated heterocycles. The summed E-state index contributed by atoms with van der Waals surface area (Å²) in [5, 5.41) is 2.98. The van der Waals surface area contributed by atoms with Crippen LogP contribution in [0.4, 0.5) is 5.69 Å². The number of amides is 1. The first-order valence-corrected chi connectivity index (χ1v) is 6.52. The van der Waals surface area contributed by atoms with Crippen LogP contribution in [-0.4, -0.2) is 10.9 Å². The van der Waals surface area contributed by atoms with E-state index in [0.717, 1.165) is 12.1 Å². The molecular formula is C16H18N2O. The van der Waals surface area contributed by atoms with E-state index < -0.39 is 0 Å².